The van der Waals surface area contributed by atoms with Gasteiger partial charge in [-0.15, -0.1) is 0 Å². The van der Waals surface area contributed by atoms with Crippen LogP contribution in [0.5, 0.6) is 0 Å². The monoisotopic (exact) mass is 420 g/mol. The van der Waals surface area contributed by atoms with E-state index in [9.17, 15) is 18.0 Å². The lowest BCUT2D eigenvalue weighted by Gasteiger charge is -2.33. The highest BCUT2D eigenvalue weighted by Crippen LogP contribution is 2.43. The molecule has 0 saturated heterocycles. The van der Waals surface area contributed by atoms with Crippen LogP contribution in [0.2, 0.25) is 0 Å². The SMILES string of the molecule is Cc1ccc(C2CC(C(F)(F)F)n3nc(C(=O)N(C)C4CCCCC4)cc3N2)cc1. The smallest absolute Gasteiger partial charge is 0.363 e. The van der Waals surface area contributed by atoms with Crippen LogP contribution in [0.4, 0.5) is 19.0 Å². The van der Waals surface area contributed by atoms with E-state index in [1.807, 2.05) is 31.2 Å². The standard InChI is InChI=1S/C22H27F3N4O/c1-14-8-10-15(11-9-14)17-12-19(22(23,24)25)29-20(26-17)13-18(27-29)21(30)28(2)16-6-4-3-5-7-16/h8-11,13,16-17,19,26H,3-7,12H2,1-2H3. The number of nitrogens with zero attached hydrogens (tertiary/aromatic N) is 3. The van der Waals surface area contributed by atoms with Gasteiger partial charge in [-0.25, -0.2) is 4.68 Å². The number of alkyl halides is 3. The van der Waals surface area contributed by atoms with Gasteiger partial charge in [-0.2, -0.15) is 18.3 Å². The van der Waals surface area contributed by atoms with Crippen molar-refractivity contribution in [1.29, 1.82) is 0 Å². The van der Waals surface area contributed by atoms with Crippen LogP contribution in [0.25, 0.3) is 0 Å². The molecule has 2 atom stereocenters. The van der Waals surface area contributed by atoms with Crippen molar-refractivity contribution in [3.8, 4) is 0 Å². The Morgan fingerprint density at radius 3 is 2.47 bits per heavy atom. The average molecular weight is 420 g/mol. The summed E-state index contributed by atoms with van der Waals surface area (Å²) in [7, 11) is 1.72. The average Bonchev–Trinajstić information content (AvgIpc) is 3.16. The summed E-state index contributed by atoms with van der Waals surface area (Å²) < 4.78 is 42.5. The van der Waals surface area contributed by atoms with E-state index in [1.165, 1.54) is 6.07 Å². The first-order valence-electron chi connectivity index (χ1n) is 10.5. The fraction of sp³-hybridized carbons (Fsp3) is 0.545. The molecule has 1 fully saturated rings. The van der Waals surface area contributed by atoms with Gasteiger partial charge in [0.25, 0.3) is 5.91 Å². The van der Waals surface area contributed by atoms with Gasteiger partial charge < -0.3 is 10.2 Å². The van der Waals surface area contributed by atoms with Crippen molar-refractivity contribution in [1.82, 2.24) is 14.7 Å². The molecule has 2 aliphatic rings. The van der Waals surface area contributed by atoms with Crippen LogP contribution in [0.15, 0.2) is 30.3 Å². The van der Waals surface area contributed by atoms with Crippen molar-refractivity contribution < 1.29 is 18.0 Å². The first-order valence-corrected chi connectivity index (χ1v) is 10.5. The molecule has 1 aliphatic carbocycles. The molecule has 5 nitrogen and oxygen atoms in total. The number of amides is 1. The minimum absolute atomic E-state index is 0.0596. The van der Waals surface area contributed by atoms with E-state index >= 15 is 0 Å². The van der Waals surface area contributed by atoms with Crippen LogP contribution in [0, 0.1) is 6.92 Å². The van der Waals surface area contributed by atoms with Gasteiger partial charge in [0.15, 0.2) is 11.7 Å². The van der Waals surface area contributed by atoms with Crippen LogP contribution in [0.3, 0.4) is 0 Å². The van der Waals surface area contributed by atoms with E-state index in [2.05, 4.69) is 10.4 Å². The largest absolute Gasteiger partial charge is 0.410 e. The Balaban J connectivity index is 1.62. The number of nitrogens with one attached hydrogen (secondary N) is 1. The third kappa shape index (κ3) is 4.04. The summed E-state index contributed by atoms with van der Waals surface area (Å²) in [6, 6.07) is 6.77. The molecule has 1 aliphatic heterocycles. The second-order valence-electron chi connectivity index (χ2n) is 8.47. The number of aryl methyl sites for hydroxylation is 1. The van der Waals surface area contributed by atoms with Crippen LogP contribution >= 0.6 is 0 Å². The number of aromatic nitrogens is 2. The van der Waals surface area contributed by atoms with Crippen molar-refractivity contribution in [2.75, 3.05) is 12.4 Å². The Morgan fingerprint density at radius 1 is 1.17 bits per heavy atom. The van der Waals surface area contributed by atoms with Gasteiger partial charge in [-0.3, -0.25) is 4.79 Å². The summed E-state index contributed by atoms with van der Waals surface area (Å²) in [5.74, 6) is -0.0899. The zero-order valence-corrected chi connectivity index (χ0v) is 17.2. The number of halogens is 3. The van der Waals surface area contributed by atoms with Crippen molar-refractivity contribution >= 4 is 11.7 Å². The first-order chi connectivity index (χ1) is 14.2. The van der Waals surface area contributed by atoms with E-state index in [1.54, 1.807) is 11.9 Å². The number of benzene rings is 1. The maximum atomic E-state index is 13.8. The molecule has 2 aromatic rings. The molecule has 1 aromatic carbocycles. The number of carbonyl (C=O) groups is 1. The zero-order chi connectivity index (χ0) is 21.5. The molecule has 1 saturated carbocycles. The highest BCUT2D eigenvalue weighted by molar-refractivity contribution is 5.93. The van der Waals surface area contributed by atoms with Gasteiger partial charge in [0.05, 0.1) is 6.04 Å². The number of anilines is 1. The number of carbonyl (C=O) groups excluding carboxylic acids is 1. The molecule has 2 heterocycles. The molecule has 1 aromatic heterocycles. The van der Waals surface area contributed by atoms with Crippen molar-refractivity contribution in [3.63, 3.8) is 0 Å². The minimum atomic E-state index is -4.46. The molecule has 2 unspecified atom stereocenters. The second kappa shape index (κ2) is 7.96. The first kappa shape index (κ1) is 20.8. The molecule has 30 heavy (non-hydrogen) atoms. The van der Waals surface area contributed by atoms with Gasteiger partial charge in [-0.1, -0.05) is 49.1 Å². The maximum Gasteiger partial charge on any atom is 0.410 e. The fourth-order valence-electron chi connectivity index (χ4n) is 4.51. The third-order valence-corrected chi connectivity index (χ3v) is 6.33. The van der Waals surface area contributed by atoms with Crippen molar-refractivity contribution in [2.24, 2.45) is 0 Å². The number of hydrogen-bond donors (Lipinski definition) is 1. The number of fused-ring (bicyclic) bond motifs is 1. The Morgan fingerprint density at radius 2 is 1.83 bits per heavy atom. The summed E-state index contributed by atoms with van der Waals surface area (Å²) in [6.07, 6.45) is 0.517. The van der Waals surface area contributed by atoms with Gasteiger partial charge >= 0.3 is 6.18 Å². The van der Waals surface area contributed by atoms with E-state index in [0.29, 0.717) is 0 Å². The molecule has 0 spiro atoms. The summed E-state index contributed by atoms with van der Waals surface area (Å²) in [5.41, 5.74) is 1.89. The molecule has 162 valence electrons. The molecule has 4 rings (SSSR count). The van der Waals surface area contributed by atoms with Crippen LogP contribution in [-0.2, 0) is 0 Å². The Labute approximate surface area is 174 Å². The topological polar surface area (TPSA) is 50.2 Å². The zero-order valence-electron chi connectivity index (χ0n) is 17.2. The van der Waals surface area contributed by atoms with E-state index in [4.69, 9.17) is 0 Å². The third-order valence-electron chi connectivity index (χ3n) is 6.33. The predicted molar refractivity (Wildman–Crippen MR) is 108 cm³/mol. The summed E-state index contributed by atoms with van der Waals surface area (Å²) in [4.78, 5) is 14.6. The number of rotatable bonds is 3. The lowest BCUT2D eigenvalue weighted by Crippen LogP contribution is -2.38. The lowest BCUT2D eigenvalue weighted by atomic mass is 9.94. The van der Waals surface area contributed by atoms with Crippen molar-refractivity contribution in [3.05, 3.63) is 47.2 Å². The number of hydrogen-bond acceptors (Lipinski definition) is 3. The molecule has 1 N–H and O–H groups in total. The van der Waals surface area contributed by atoms with Crippen LogP contribution in [-0.4, -0.2) is 39.9 Å². The molecule has 0 radical (unpaired) electrons. The maximum absolute atomic E-state index is 13.8. The highest BCUT2D eigenvalue weighted by Gasteiger charge is 2.47. The highest BCUT2D eigenvalue weighted by atomic mass is 19.4. The quantitative estimate of drug-likeness (QED) is 0.737. The molecule has 8 heteroatoms. The molecular formula is C22H27F3N4O. The predicted octanol–water partition coefficient (Wildman–Crippen LogP) is 5.26. The summed E-state index contributed by atoms with van der Waals surface area (Å²) >= 11 is 0. The van der Waals surface area contributed by atoms with Gasteiger partial charge in [0.1, 0.15) is 5.82 Å². The van der Waals surface area contributed by atoms with Crippen molar-refractivity contribution in [2.45, 2.75) is 69.8 Å². The second-order valence-corrected chi connectivity index (χ2v) is 8.47. The lowest BCUT2D eigenvalue weighted by molar-refractivity contribution is -0.173. The fourth-order valence-corrected chi connectivity index (χ4v) is 4.51. The summed E-state index contributed by atoms with van der Waals surface area (Å²) in [5, 5.41) is 7.26. The molecule has 1 amide bonds. The van der Waals surface area contributed by atoms with Gasteiger partial charge in [-0.05, 0) is 25.3 Å². The minimum Gasteiger partial charge on any atom is -0.363 e. The van der Waals surface area contributed by atoms with E-state index in [-0.39, 0.29) is 29.9 Å². The van der Waals surface area contributed by atoms with E-state index in [0.717, 1.165) is 47.9 Å². The normalized spacial score (nSPS) is 22.3. The van der Waals surface area contributed by atoms with E-state index < -0.39 is 18.3 Å². The van der Waals surface area contributed by atoms with Crippen LogP contribution in [0.1, 0.15) is 72.2 Å². The Bertz CT molecular complexity index is 900. The molecule has 0 bridgehead atoms. The van der Waals surface area contributed by atoms with Crippen LogP contribution < -0.4 is 5.32 Å². The molecular weight excluding hydrogens is 393 g/mol. The van der Waals surface area contributed by atoms with Gasteiger partial charge in [0, 0.05) is 25.6 Å². The van der Waals surface area contributed by atoms with Gasteiger partial charge in [0.2, 0.25) is 0 Å². The Hall–Kier alpha value is -2.51. The Kier molecular flexibility index (Phi) is 5.51. The summed E-state index contributed by atoms with van der Waals surface area (Å²) in [6.45, 7) is 1.94.